The molecule has 0 aliphatic carbocycles. The number of amides is 1. The van der Waals surface area contributed by atoms with Crippen molar-refractivity contribution >= 4 is 33.6 Å². The minimum Gasteiger partial charge on any atom is -0.497 e. The molecule has 0 atom stereocenters. The lowest BCUT2D eigenvalue weighted by atomic mass is 9.98. The fourth-order valence-electron chi connectivity index (χ4n) is 3.27. The molecule has 0 aliphatic rings. The maximum absolute atomic E-state index is 13.1. The van der Waals surface area contributed by atoms with E-state index in [-0.39, 0.29) is 10.8 Å². The van der Waals surface area contributed by atoms with E-state index in [0.29, 0.717) is 4.88 Å². The van der Waals surface area contributed by atoms with Crippen LogP contribution in [0.4, 0.5) is 0 Å². The number of hydrogen-bond acceptors (Lipinski definition) is 6. The molecule has 0 saturated carbocycles. The van der Waals surface area contributed by atoms with Gasteiger partial charge in [-0.05, 0) is 60.0 Å². The molecule has 2 aromatic carbocycles. The molecule has 0 bridgehead atoms. The molecule has 1 amide bonds. The fraction of sp³-hybridized carbons (Fsp3) is 0.250. The molecule has 0 spiro atoms. The van der Waals surface area contributed by atoms with Crippen LogP contribution in [-0.4, -0.2) is 66.0 Å². The standard InChI is InChI=1S/C24H27N3O5S2/c1-16-21(17-9-13-20(14-10-17)34(29,30)25-15-26(2)3)23(24(28)27(4)32-6)33-22(16)18-7-11-19(31-5)12-8-18/h7-15H,1-6H3/b25-15+. The summed E-state index contributed by atoms with van der Waals surface area (Å²) < 4.78 is 33.9. The SMILES string of the molecule is COc1ccc(-c2sc(C(=O)N(C)OC)c(-c3ccc(S(=O)(=O)/N=C/N(C)C)cc3)c2C)cc1. The summed E-state index contributed by atoms with van der Waals surface area (Å²) in [6.45, 7) is 1.95. The van der Waals surface area contributed by atoms with E-state index in [4.69, 9.17) is 9.57 Å². The molecule has 0 saturated heterocycles. The monoisotopic (exact) mass is 501 g/mol. The smallest absolute Gasteiger partial charge is 0.287 e. The van der Waals surface area contributed by atoms with Crippen LogP contribution in [0.15, 0.2) is 57.8 Å². The average Bonchev–Trinajstić information content (AvgIpc) is 3.18. The number of sulfonamides is 1. The molecule has 3 rings (SSSR count). The zero-order chi connectivity index (χ0) is 25.0. The molecule has 3 aromatic rings. The molecule has 0 N–H and O–H groups in total. The summed E-state index contributed by atoms with van der Waals surface area (Å²) in [5, 5.41) is 1.17. The lowest BCUT2D eigenvalue weighted by Crippen LogP contribution is -2.25. The second-order valence-electron chi connectivity index (χ2n) is 7.66. The van der Waals surface area contributed by atoms with Crippen LogP contribution in [0.2, 0.25) is 0 Å². The Morgan fingerprint density at radius 3 is 2.09 bits per heavy atom. The molecule has 1 heterocycles. The van der Waals surface area contributed by atoms with Gasteiger partial charge in [0, 0.05) is 31.6 Å². The Labute approximate surface area is 204 Å². The van der Waals surface area contributed by atoms with E-state index in [1.165, 1.54) is 42.0 Å². The first-order chi connectivity index (χ1) is 16.1. The maximum atomic E-state index is 13.1. The molecule has 10 heteroatoms. The first kappa shape index (κ1) is 25.4. The molecule has 0 unspecified atom stereocenters. The van der Waals surface area contributed by atoms with E-state index in [9.17, 15) is 13.2 Å². The van der Waals surface area contributed by atoms with Gasteiger partial charge in [-0.25, -0.2) is 5.06 Å². The van der Waals surface area contributed by atoms with Crippen molar-refractivity contribution < 1.29 is 22.8 Å². The number of thiophene rings is 1. The lowest BCUT2D eigenvalue weighted by Gasteiger charge is -2.14. The number of hydrogen-bond donors (Lipinski definition) is 0. The Hall–Kier alpha value is -3.21. The van der Waals surface area contributed by atoms with Crippen LogP contribution in [0.25, 0.3) is 21.6 Å². The third-order valence-electron chi connectivity index (χ3n) is 5.11. The second kappa shape index (κ2) is 10.4. The van der Waals surface area contributed by atoms with Crippen molar-refractivity contribution in [2.45, 2.75) is 11.8 Å². The number of methoxy groups -OCH3 is 1. The van der Waals surface area contributed by atoms with Gasteiger partial charge in [-0.15, -0.1) is 15.7 Å². The van der Waals surface area contributed by atoms with Gasteiger partial charge in [0.2, 0.25) is 0 Å². The van der Waals surface area contributed by atoms with Crippen molar-refractivity contribution in [3.8, 4) is 27.3 Å². The van der Waals surface area contributed by atoms with Gasteiger partial charge in [0.05, 0.1) is 19.1 Å². The first-order valence-corrected chi connectivity index (χ1v) is 12.5. The summed E-state index contributed by atoms with van der Waals surface area (Å²) in [6.07, 6.45) is 1.24. The lowest BCUT2D eigenvalue weighted by molar-refractivity contribution is -0.0753. The summed E-state index contributed by atoms with van der Waals surface area (Å²) in [4.78, 5) is 21.3. The molecular formula is C24H27N3O5S2. The summed E-state index contributed by atoms with van der Waals surface area (Å²) in [7, 11) is 4.14. The third kappa shape index (κ3) is 5.30. The van der Waals surface area contributed by atoms with Gasteiger partial charge in [-0.3, -0.25) is 9.63 Å². The van der Waals surface area contributed by atoms with E-state index < -0.39 is 10.0 Å². The molecule has 1 aromatic heterocycles. The van der Waals surface area contributed by atoms with E-state index in [1.807, 2.05) is 31.2 Å². The average molecular weight is 502 g/mol. The Kier molecular flexibility index (Phi) is 7.75. The third-order valence-corrected chi connectivity index (χ3v) is 7.68. The summed E-state index contributed by atoms with van der Waals surface area (Å²) in [6, 6.07) is 14.0. The van der Waals surface area contributed by atoms with Gasteiger partial charge >= 0.3 is 0 Å². The van der Waals surface area contributed by atoms with Gasteiger partial charge in [0.1, 0.15) is 17.0 Å². The van der Waals surface area contributed by atoms with E-state index in [1.54, 1.807) is 45.3 Å². The van der Waals surface area contributed by atoms with Crippen LogP contribution >= 0.6 is 11.3 Å². The molecule has 0 aliphatic heterocycles. The quantitative estimate of drug-likeness (QED) is 0.260. The fourth-order valence-corrected chi connectivity index (χ4v) is 5.48. The highest BCUT2D eigenvalue weighted by atomic mass is 32.2. The number of carbonyl (C=O) groups is 1. The van der Waals surface area contributed by atoms with Gasteiger partial charge in [-0.1, -0.05) is 12.1 Å². The largest absolute Gasteiger partial charge is 0.497 e. The van der Waals surface area contributed by atoms with Crippen molar-refractivity contribution in [1.29, 1.82) is 0 Å². The van der Waals surface area contributed by atoms with E-state index in [2.05, 4.69) is 4.40 Å². The van der Waals surface area contributed by atoms with Crippen LogP contribution in [0.1, 0.15) is 15.2 Å². The number of hydroxylamine groups is 2. The maximum Gasteiger partial charge on any atom is 0.287 e. The molecule has 8 nitrogen and oxygen atoms in total. The number of carbonyl (C=O) groups excluding carboxylic acids is 1. The Morgan fingerprint density at radius 1 is 0.971 bits per heavy atom. The highest BCUT2D eigenvalue weighted by Crippen LogP contribution is 2.43. The van der Waals surface area contributed by atoms with Crippen molar-refractivity contribution in [3.63, 3.8) is 0 Å². The van der Waals surface area contributed by atoms with E-state index >= 15 is 0 Å². The second-order valence-corrected chi connectivity index (χ2v) is 10.3. The molecule has 0 fully saturated rings. The highest BCUT2D eigenvalue weighted by Gasteiger charge is 2.25. The van der Waals surface area contributed by atoms with Gasteiger partial charge in [0.15, 0.2) is 0 Å². The minimum atomic E-state index is -3.83. The summed E-state index contributed by atoms with van der Waals surface area (Å²) >= 11 is 1.36. The van der Waals surface area contributed by atoms with Gasteiger partial charge in [0.25, 0.3) is 15.9 Å². The Bertz CT molecular complexity index is 1300. The Morgan fingerprint density at radius 2 is 1.56 bits per heavy atom. The highest BCUT2D eigenvalue weighted by molar-refractivity contribution is 7.90. The number of ether oxygens (including phenoxy) is 1. The molecular weight excluding hydrogens is 474 g/mol. The van der Waals surface area contributed by atoms with Crippen LogP contribution in [0.3, 0.4) is 0 Å². The first-order valence-electron chi connectivity index (χ1n) is 10.3. The van der Waals surface area contributed by atoms with Crippen LogP contribution < -0.4 is 4.74 Å². The zero-order valence-electron chi connectivity index (χ0n) is 19.9. The normalized spacial score (nSPS) is 11.6. The predicted molar refractivity (Wildman–Crippen MR) is 135 cm³/mol. The zero-order valence-corrected chi connectivity index (χ0v) is 21.5. The van der Waals surface area contributed by atoms with Gasteiger partial charge in [-0.2, -0.15) is 8.42 Å². The predicted octanol–water partition coefficient (Wildman–Crippen LogP) is 4.31. The summed E-state index contributed by atoms with van der Waals surface area (Å²) in [5.74, 6) is 0.444. The molecule has 0 radical (unpaired) electrons. The van der Waals surface area contributed by atoms with Gasteiger partial charge < -0.3 is 9.64 Å². The molecule has 180 valence electrons. The summed E-state index contributed by atoms with van der Waals surface area (Å²) in [5.41, 5.74) is 3.30. The number of nitrogens with zero attached hydrogens (tertiary/aromatic N) is 3. The van der Waals surface area contributed by atoms with Crippen molar-refractivity contribution in [3.05, 3.63) is 59.0 Å². The van der Waals surface area contributed by atoms with Crippen LogP contribution in [0.5, 0.6) is 5.75 Å². The number of benzene rings is 2. The Balaban J connectivity index is 2.12. The van der Waals surface area contributed by atoms with Crippen molar-refractivity contribution in [1.82, 2.24) is 9.96 Å². The van der Waals surface area contributed by atoms with Crippen LogP contribution in [0, 0.1) is 6.92 Å². The van der Waals surface area contributed by atoms with Crippen LogP contribution in [-0.2, 0) is 14.9 Å². The van der Waals surface area contributed by atoms with Crippen molar-refractivity contribution in [2.75, 3.05) is 35.4 Å². The topological polar surface area (TPSA) is 88.5 Å². The van der Waals surface area contributed by atoms with E-state index in [0.717, 1.165) is 32.9 Å². The molecule has 34 heavy (non-hydrogen) atoms. The minimum absolute atomic E-state index is 0.0690. The van der Waals surface area contributed by atoms with Crippen molar-refractivity contribution in [2.24, 2.45) is 4.40 Å². The number of rotatable bonds is 8.